The first-order valence-electron chi connectivity index (χ1n) is 7.10. The van der Waals surface area contributed by atoms with Gasteiger partial charge in [-0.3, -0.25) is 0 Å². The highest BCUT2D eigenvalue weighted by Crippen LogP contribution is 2.27. The van der Waals surface area contributed by atoms with Crippen molar-refractivity contribution in [1.82, 2.24) is 0 Å². The van der Waals surface area contributed by atoms with Gasteiger partial charge in [0.2, 0.25) is 0 Å². The monoisotopic (exact) mass is 328 g/mol. The summed E-state index contributed by atoms with van der Waals surface area (Å²) in [5, 5.41) is 0.804. The molecular formula is C16H25BrO2. The van der Waals surface area contributed by atoms with E-state index in [9.17, 15) is 0 Å². The maximum Gasteiger partial charge on any atom is 0.127 e. The normalized spacial score (nSPS) is 12.2. The van der Waals surface area contributed by atoms with Gasteiger partial charge < -0.3 is 9.47 Å². The number of alkyl halides is 1. The molecule has 0 saturated carbocycles. The molecular weight excluding hydrogens is 304 g/mol. The van der Waals surface area contributed by atoms with Gasteiger partial charge in [-0.2, -0.15) is 0 Å². The van der Waals surface area contributed by atoms with Gasteiger partial charge in [-0.1, -0.05) is 55.1 Å². The average molecular weight is 329 g/mol. The van der Waals surface area contributed by atoms with Crippen molar-refractivity contribution in [2.75, 3.05) is 13.7 Å². The van der Waals surface area contributed by atoms with E-state index in [4.69, 9.17) is 9.47 Å². The smallest absolute Gasteiger partial charge is 0.127 e. The van der Waals surface area contributed by atoms with Crippen LogP contribution in [0.15, 0.2) is 18.2 Å². The van der Waals surface area contributed by atoms with Gasteiger partial charge in [-0.15, -0.1) is 0 Å². The predicted octanol–water partition coefficient (Wildman–Crippen LogP) is 5.19. The van der Waals surface area contributed by atoms with E-state index < -0.39 is 0 Å². The van der Waals surface area contributed by atoms with Gasteiger partial charge in [0.05, 0.1) is 13.7 Å². The Bertz CT molecular complexity index is 366. The number of benzene rings is 1. The van der Waals surface area contributed by atoms with Gasteiger partial charge in [-0.25, -0.2) is 0 Å². The molecule has 0 saturated heterocycles. The average Bonchev–Trinajstić information content (AvgIpc) is 2.47. The molecule has 1 unspecified atom stereocenters. The summed E-state index contributed by atoms with van der Waals surface area (Å²) in [6, 6.07) is 6.00. The zero-order chi connectivity index (χ0) is 14.1. The number of unbranched alkanes of at least 4 members (excludes halogenated alkanes) is 1. The lowest BCUT2D eigenvalue weighted by Gasteiger charge is -2.17. The van der Waals surface area contributed by atoms with Crippen LogP contribution < -0.4 is 9.47 Å². The quantitative estimate of drug-likeness (QED) is 0.581. The summed E-state index contributed by atoms with van der Waals surface area (Å²) >= 11 is 3.50. The summed E-state index contributed by atoms with van der Waals surface area (Å²) in [4.78, 5) is 0. The standard InChI is InChI=1S/C16H25BrO2/c1-4-6-7-13(5-2)12-19-16-10-15(18-3)9-8-14(16)11-17/h8-10,13H,4-7,11-12H2,1-3H3. The third kappa shape index (κ3) is 5.43. The largest absolute Gasteiger partial charge is 0.497 e. The van der Waals surface area contributed by atoms with Gasteiger partial charge in [-0.05, 0) is 18.4 Å². The maximum absolute atomic E-state index is 6.01. The lowest BCUT2D eigenvalue weighted by atomic mass is 10.0. The van der Waals surface area contributed by atoms with Crippen molar-refractivity contribution < 1.29 is 9.47 Å². The maximum atomic E-state index is 6.01. The van der Waals surface area contributed by atoms with Crippen LogP contribution in [0, 0.1) is 5.92 Å². The minimum absolute atomic E-state index is 0.648. The molecule has 1 aromatic rings. The Balaban J connectivity index is 2.63. The van der Waals surface area contributed by atoms with Gasteiger partial charge in [0, 0.05) is 17.0 Å². The molecule has 0 aliphatic rings. The summed E-state index contributed by atoms with van der Waals surface area (Å²) in [6.45, 7) is 5.27. The van der Waals surface area contributed by atoms with Crippen LogP contribution >= 0.6 is 15.9 Å². The second-order valence-electron chi connectivity index (χ2n) is 4.83. The molecule has 0 heterocycles. The zero-order valence-corrected chi connectivity index (χ0v) is 13.8. The van der Waals surface area contributed by atoms with Crippen molar-refractivity contribution in [2.45, 2.75) is 44.9 Å². The Hall–Kier alpha value is -0.700. The van der Waals surface area contributed by atoms with Crippen molar-refractivity contribution in [2.24, 2.45) is 5.92 Å². The van der Waals surface area contributed by atoms with Crippen LogP contribution in [0.25, 0.3) is 0 Å². The Morgan fingerprint density at radius 1 is 1.26 bits per heavy atom. The van der Waals surface area contributed by atoms with Gasteiger partial charge in [0.15, 0.2) is 0 Å². The van der Waals surface area contributed by atoms with Gasteiger partial charge in [0.1, 0.15) is 11.5 Å². The highest BCUT2D eigenvalue weighted by Gasteiger charge is 2.10. The third-order valence-electron chi connectivity index (χ3n) is 3.44. The lowest BCUT2D eigenvalue weighted by Crippen LogP contribution is -2.12. The first-order valence-corrected chi connectivity index (χ1v) is 8.22. The molecule has 1 aromatic carbocycles. The summed E-state index contributed by atoms with van der Waals surface area (Å²) in [7, 11) is 1.68. The van der Waals surface area contributed by atoms with E-state index in [-0.39, 0.29) is 0 Å². The Morgan fingerprint density at radius 2 is 2.05 bits per heavy atom. The van der Waals surface area contributed by atoms with Crippen LogP contribution in [0.2, 0.25) is 0 Å². The van der Waals surface area contributed by atoms with E-state index in [1.54, 1.807) is 7.11 Å². The number of hydrogen-bond acceptors (Lipinski definition) is 2. The highest BCUT2D eigenvalue weighted by atomic mass is 79.9. The minimum Gasteiger partial charge on any atom is -0.497 e. The molecule has 108 valence electrons. The molecule has 0 N–H and O–H groups in total. The third-order valence-corrected chi connectivity index (χ3v) is 4.04. The van der Waals surface area contributed by atoms with Crippen molar-refractivity contribution in [3.8, 4) is 11.5 Å². The molecule has 19 heavy (non-hydrogen) atoms. The summed E-state index contributed by atoms with van der Waals surface area (Å²) in [5.41, 5.74) is 1.17. The molecule has 0 amide bonds. The van der Waals surface area contributed by atoms with Crippen LogP contribution in [0.4, 0.5) is 0 Å². The zero-order valence-electron chi connectivity index (χ0n) is 12.2. The highest BCUT2D eigenvalue weighted by molar-refractivity contribution is 9.08. The van der Waals surface area contributed by atoms with Crippen molar-refractivity contribution in [3.63, 3.8) is 0 Å². The van der Waals surface area contributed by atoms with E-state index in [0.717, 1.165) is 23.4 Å². The first kappa shape index (κ1) is 16.4. The minimum atomic E-state index is 0.648. The summed E-state index contributed by atoms with van der Waals surface area (Å²) in [6.07, 6.45) is 4.96. The Labute approximate surface area is 125 Å². The lowest BCUT2D eigenvalue weighted by molar-refractivity contribution is 0.231. The first-order chi connectivity index (χ1) is 9.24. The molecule has 1 atom stereocenters. The Morgan fingerprint density at radius 3 is 2.63 bits per heavy atom. The number of halogens is 1. The van der Waals surface area contributed by atoms with E-state index in [0.29, 0.717) is 5.92 Å². The number of hydrogen-bond donors (Lipinski definition) is 0. The molecule has 2 nitrogen and oxygen atoms in total. The molecule has 0 aliphatic heterocycles. The van der Waals surface area contributed by atoms with Crippen LogP contribution in [-0.2, 0) is 5.33 Å². The SMILES string of the molecule is CCCCC(CC)COc1cc(OC)ccc1CBr. The summed E-state index contributed by atoms with van der Waals surface area (Å²) < 4.78 is 11.3. The number of methoxy groups -OCH3 is 1. The van der Waals surface area contributed by atoms with Crippen molar-refractivity contribution >= 4 is 15.9 Å². The fourth-order valence-corrected chi connectivity index (χ4v) is 2.48. The molecule has 0 radical (unpaired) electrons. The van der Waals surface area contributed by atoms with E-state index in [2.05, 4.69) is 35.8 Å². The topological polar surface area (TPSA) is 18.5 Å². The summed E-state index contributed by atoms with van der Waals surface area (Å²) in [5.74, 6) is 2.43. The predicted molar refractivity (Wildman–Crippen MR) is 84.4 cm³/mol. The fourth-order valence-electron chi connectivity index (χ4n) is 2.01. The molecule has 0 fully saturated rings. The molecule has 0 aromatic heterocycles. The second kappa shape index (κ2) is 9.24. The Kier molecular flexibility index (Phi) is 7.96. The molecule has 3 heteroatoms. The number of ether oxygens (including phenoxy) is 2. The fraction of sp³-hybridized carbons (Fsp3) is 0.625. The van der Waals surface area contributed by atoms with Crippen LogP contribution in [-0.4, -0.2) is 13.7 Å². The second-order valence-corrected chi connectivity index (χ2v) is 5.40. The molecule has 0 spiro atoms. The van der Waals surface area contributed by atoms with Gasteiger partial charge >= 0.3 is 0 Å². The number of rotatable bonds is 9. The molecule has 0 bridgehead atoms. The molecule has 1 rings (SSSR count). The molecule has 0 aliphatic carbocycles. The van der Waals surface area contributed by atoms with Crippen LogP contribution in [0.1, 0.15) is 45.1 Å². The van der Waals surface area contributed by atoms with Crippen molar-refractivity contribution in [3.05, 3.63) is 23.8 Å². The van der Waals surface area contributed by atoms with Crippen molar-refractivity contribution in [1.29, 1.82) is 0 Å². The van der Waals surface area contributed by atoms with E-state index in [1.165, 1.54) is 31.2 Å². The van der Waals surface area contributed by atoms with Crippen LogP contribution in [0.5, 0.6) is 11.5 Å². The van der Waals surface area contributed by atoms with Crippen LogP contribution in [0.3, 0.4) is 0 Å². The van der Waals surface area contributed by atoms with E-state index in [1.807, 2.05) is 12.1 Å². The van der Waals surface area contributed by atoms with Gasteiger partial charge in [0.25, 0.3) is 0 Å². The van der Waals surface area contributed by atoms with E-state index >= 15 is 0 Å².